The Hall–Kier alpha value is -1.29. The SMILES string of the molecule is CC1(NC(=O)c2ccc[nH]2)CCNCC1. The van der Waals surface area contributed by atoms with Crippen LogP contribution in [0.3, 0.4) is 0 Å². The largest absolute Gasteiger partial charge is 0.357 e. The minimum Gasteiger partial charge on any atom is -0.357 e. The Morgan fingerprint density at radius 1 is 1.47 bits per heavy atom. The molecule has 0 aliphatic carbocycles. The van der Waals surface area contributed by atoms with E-state index < -0.39 is 0 Å². The van der Waals surface area contributed by atoms with Crippen LogP contribution in [0.25, 0.3) is 0 Å². The maximum Gasteiger partial charge on any atom is 0.268 e. The Balaban J connectivity index is 1.98. The van der Waals surface area contributed by atoms with Crippen molar-refractivity contribution in [3.63, 3.8) is 0 Å². The lowest BCUT2D eigenvalue weighted by molar-refractivity contribution is 0.0883. The smallest absolute Gasteiger partial charge is 0.268 e. The number of hydrogen-bond acceptors (Lipinski definition) is 2. The molecule has 0 saturated carbocycles. The molecule has 15 heavy (non-hydrogen) atoms. The fourth-order valence-corrected chi connectivity index (χ4v) is 1.92. The van der Waals surface area contributed by atoms with Crippen molar-refractivity contribution in [2.75, 3.05) is 13.1 Å². The van der Waals surface area contributed by atoms with Gasteiger partial charge < -0.3 is 15.6 Å². The highest BCUT2D eigenvalue weighted by Gasteiger charge is 2.28. The minimum absolute atomic E-state index is 0.00981. The summed E-state index contributed by atoms with van der Waals surface area (Å²) in [6.45, 7) is 4.05. The average molecular weight is 207 g/mol. The molecule has 2 rings (SSSR count). The molecule has 0 aromatic carbocycles. The first-order valence-corrected chi connectivity index (χ1v) is 5.36. The molecule has 0 spiro atoms. The number of nitrogens with one attached hydrogen (secondary N) is 3. The van der Waals surface area contributed by atoms with E-state index in [0.29, 0.717) is 5.69 Å². The van der Waals surface area contributed by atoms with E-state index in [1.807, 2.05) is 6.07 Å². The van der Waals surface area contributed by atoms with Gasteiger partial charge in [-0.3, -0.25) is 4.79 Å². The van der Waals surface area contributed by atoms with Gasteiger partial charge in [-0.1, -0.05) is 0 Å². The Morgan fingerprint density at radius 3 is 2.80 bits per heavy atom. The summed E-state index contributed by atoms with van der Waals surface area (Å²) in [5.41, 5.74) is 0.572. The van der Waals surface area contributed by atoms with Crippen LogP contribution in [0.2, 0.25) is 0 Å². The van der Waals surface area contributed by atoms with Gasteiger partial charge in [-0.15, -0.1) is 0 Å². The van der Waals surface area contributed by atoms with Crippen LogP contribution in [-0.2, 0) is 0 Å². The van der Waals surface area contributed by atoms with Crippen molar-refractivity contribution >= 4 is 5.91 Å². The van der Waals surface area contributed by atoms with E-state index >= 15 is 0 Å². The average Bonchev–Trinajstić information content (AvgIpc) is 2.70. The molecule has 1 saturated heterocycles. The Morgan fingerprint density at radius 2 is 2.20 bits per heavy atom. The molecule has 0 radical (unpaired) electrons. The molecule has 1 aromatic rings. The third-order valence-electron chi connectivity index (χ3n) is 2.96. The molecule has 1 aromatic heterocycles. The topological polar surface area (TPSA) is 56.9 Å². The first kappa shape index (κ1) is 10.2. The molecule has 3 N–H and O–H groups in total. The summed E-state index contributed by atoms with van der Waals surface area (Å²) in [6.07, 6.45) is 3.73. The van der Waals surface area contributed by atoms with E-state index in [4.69, 9.17) is 0 Å². The molecule has 82 valence electrons. The van der Waals surface area contributed by atoms with Crippen molar-refractivity contribution in [1.82, 2.24) is 15.6 Å². The number of H-pyrrole nitrogens is 1. The zero-order chi connectivity index (χ0) is 10.7. The maximum atomic E-state index is 11.8. The lowest BCUT2D eigenvalue weighted by Crippen LogP contribution is -2.52. The molecule has 1 aliphatic rings. The second-order valence-electron chi connectivity index (χ2n) is 4.35. The van der Waals surface area contributed by atoms with Crippen LogP contribution in [0.15, 0.2) is 18.3 Å². The molecule has 0 unspecified atom stereocenters. The molecule has 2 heterocycles. The standard InChI is InChI=1S/C11H17N3O/c1-11(4-7-12-8-5-11)14-10(15)9-3-2-6-13-9/h2-3,6,12-13H,4-5,7-8H2,1H3,(H,14,15). The van der Waals surface area contributed by atoms with Gasteiger partial charge in [0.2, 0.25) is 0 Å². The summed E-state index contributed by atoms with van der Waals surface area (Å²) in [4.78, 5) is 14.7. The van der Waals surface area contributed by atoms with E-state index in [2.05, 4.69) is 22.5 Å². The van der Waals surface area contributed by atoms with Crippen molar-refractivity contribution in [1.29, 1.82) is 0 Å². The van der Waals surface area contributed by atoms with Gasteiger partial charge in [0.1, 0.15) is 5.69 Å². The lowest BCUT2D eigenvalue weighted by Gasteiger charge is -2.34. The summed E-state index contributed by atoms with van der Waals surface area (Å²) < 4.78 is 0. The van der Waals surface area contributed by atoms with E-state index in [9.17, 15) is 4.79 Å². The van der Waals surface area contributed by atoms with Crippen molar-refractivity contribution < 1.29 is 4.79 Å². The second-order valence-corrected chi connectivity index (χ2v) is 4.35. The van der Waals surface area contributed by atoms with E-state index in [0.717, 1.165) is 25.9 Å². The molecule has 4 nitrogen and oxygen atoms in total. The van der Waals surface area contributed by atoms with Crippen LogP contribution in [0.1, 0.15) is 30.3 Å². The fourth-order valence-electron chi connectivity index (χ4n) is 1.92. The normalized spacial score (nSPS) is 19.8. The highest BCUT2D eigenvalue weighted by Crippen LogP contribution is 2.17. The van der Waals surface area contributed by atoms with Crippen molar-refractivity contribution in [2.24, 2.45) is 0 Å². The third kappa shape index (κ3) is 2.39. The number of rotatable bonds is 2. The molecule has 0 bridgehead atoms. The summed E-state index contributed by atoms with van der Waals surface area (Å²) in [6, 6.07) is 3.62. The summed E-state index contributed by atoms with van der Waals surface area (Å²) >= 11 is 0. The predicted octanol–water partition coefficient (Wildman–Crippen LogP) is 0.887. The number of amides is 1. The Kier molecular flexibility index (Phi) is 2.77. The van der Waals surface area contributed by atoms with Crippen molar-refractivity contribution in [3.8, 4) is 0 Å². The summed E-state index contributed by atoms with van der Waals surface area (Å²) in [5.74, 6) is -0.00981. The number of hydrogen-bond donors (Lipinski definition) is 3. The van der Waals surface area contributed by atoms with E-state index in [1.54, 1.807) is 12.3 Å². The maximum absolute atomic E-state index is 11.8. The monoisotopic (exact) mass is 207 g/mol. The van der Waals surface area contributed by atoms with Gasteiger partial charge in [0.15, 0.2) is 0 Å². The number of carbonyl (C=O) groups is 1. The number of carbonyl (C=O) groups excluding carboxylic acids is 1. The highest BCUT2D eigenvalue weighted by atomic mass is 16.2. The molecule has 1 fully saturated rings. The molecular weight excluding hydrogens is 190 g/mol. The van der Waals surface area contributed by atoms with Crippen molar-refractivity contribution in [2.45, 2.75) is 25.3 Å². The zero-order valence-electron chi connectivity index (χ0n) is 8.97. The van der Waals surface area contributed by atoms with E-state index in [1.165, 1.54) is 0 Å². The van der Waals surface area contributed by atoms with Gasteiger partial charge in [-0.05, 0) is 45.0 Å². The van der Waals surface area contributed by atoms with Crippen LogP contribution < -0.4 is 10.6 Å². The van der Waals surface area contributed by atoms with Gasteiger partial charge in [-0.25, -0.2) is 0 Å². The van der Waals surface area contributed by atoms with Crippen LogP contribution in [0.5, 0.6) is 0 Å². The molecule has 4 heteroatoms. The second kappa shape index (κ2) is 4.06. The lowest BCUT2D eigenvalue weighted by atomic mass is 9.90. The Labute approximate surface area is 89.5 Å². The van der Waals surface area contributed by atoms with Gasteiger partial charge in [0.05, 0.1) is 0 Å². The molecule has 0 atom stereocenters. The van der Waals surface area contributed by atoms with Gasteiger partial charge in [-0.2, -0.15) is 0 Å². The molecule has 1 amide bonds. The quantitative estimate of drug-likeness (QED) is 0.674. The number of aromatic amines is 1. The number of aromatic nitrogens is 1. The summed E-state index contributed by atoms with van der Waals surface area (Å²) in [7, 11) is 0. The van der Waals surface area contributed by atoms with Gasteiger partial charge >= 0.3 is 0 Å². The van der Waals surface area contributed by atoms with E-state index in [-0.39, 0.29) is 11.4 Å². The third-order valence-corrected chi connectivity index (χ3v) is 2.96. The van der Waals surface area contributed by atoms with Crippen LogP contribution in [0.4, 0.5) is 0 Å². The molecular formula is C11H17N3O. The van der Waals surface area contributed by atoms with Gasteiger partial charge in [0, 0.05) is 11.7 Å². The first-order chi connectivity index (χ1) is 7.20. The van der Waals surface area contributed by atoms with Gasteiger partial charge in [0.25, 0.3) is 5.91 Å². The summed E-state index contributed by atoms with van der Waals surface area (Å²) in [5, 5.41) is 6.38. The highest BCUT2D eigenvalue weighted by molar-refractivity contribution is 5.92. The fraction of sp³-hybridized carbons (Fsp3) is 0.545. The minimum atomic E-state index is -0.0621. The molecule has 1 aliphatic heterocycles. The van der Waals surface area contributed by atoms with Crippen LogP contribution in [-0.4, -0.2) is 29.5 Å². The first-order valence-electron chi connectivity index (χ1n) is 5.36. The number of piperidine rings is 1. The zero-order valence-corrected chi connectivity index (χ0v) is 8.97. The van der Waals surface area contributed by atoms with Crippen LogP contribution in [0, 0.1) is 0 Å². The van der Waals surface area contributed by atoms with Crippen molar-refractivity contribution in [3.05, 3.63) is 24.0 Å². The Bertz CT molecular complexity index is 326. The predicted molar refractivity (Wildman–Crippen MR) is 58.8 cm³/mol. The van der Waals surface area contributed by atoms with Crippen LogP contribution >= 0.6 is 0 Å².